The fourth-order valence-electron chi connectivity index (χ4n) is 1.60. The summed E-state index contributed by atoms with van der Waals surface area (Å²) in [6.45, 7) is 0. The van der Waals surface area contributed by atoms with Crippen molar-refractivity contribution >= 4 is 58.2 Å². The Bertz CT molecular complexity index is 748. The second-order valence-corrected chi connectivity index (χ2v) is 5.63. The SMILES string of the molecule is N#Cc1[c]c(Cl)cc(Cl)c1C=CNc1ccc(Cl)cc1Cl. The van der Waals surface area contributed by atoms with E-state index < -0.39 is 0 Å². The van der Waals surface area contributed by atoms with Gasteiger partial charge in [-0.1, -0.05) is 46.4 Å². The molecule has 0 atom stereocenters. The van der Waals surface area contributed by atoms with Gasteiger partial charge in [0, 0.05) is 22.9 Å². The minimum atomic E-state index is 0.271. The Morgan fingerprint density at radius 1 is 1.10 bits per heavy atom. The highest BCUT2D eigenvalue weighted by atomic mass is 35.5. The number of nitrogens with zero attached hydrogens (tertiary/aromatic N) is 1. The molecule has 0 unspecified atom stereocenters. The van der Waals surface area contributed by atoms with E-state index in [2.05, 4.69) is 11.4 Å². The van der Waals surface area contributed by atoms with E-state index in [-0.39, 0.29) is 5.56 Å². The first-order chi connectivity index (χ1) is 10.0. The summed E-state index contributed by atoms with van der Waals surface area (Å²) >= 11 is 23.7. The van der Waals surface area contributed by atoms with Crippen LogP contribution in [0.25, 0.3) is 6.08 Å². The lowest BCUT2D eigenvalue weighted by Gasteiger charge is -2.05. The van der Waals surface area contributed by atoms with Crippen LogP contribution in [-0.2, 0) is 0 Å². The van der Waals surface area contributed by atoms with Crippen molar-refractivity contribution in [3.05, 3.63) is 67.7 Å². The Labute approximate surface area is 142 Å². The average Bonchev–Trinajstić information content (AvgIpc) is 2.42. The number of benzene rings is 2. The van der Waals surface area contributed by atoms with Crippen LogP contribution in [0.15, 0.2) is 30.5 Å². The van der Waals surface area contributed by atoms with Crippen molar-refractivity contribution in [2.75, 3.05) is 5.32 Å². The largest absolute Gasteiger partial charge is 0.360 e. The maximum absolute atomic E-state index is 9.07. The maximum atomic E-state index is 9.07. The topological polar surface area (TPSA) is 35.8 Å². The number of nitriles is 1. The third-order valence-electron chi connectivity index (χ3n) is 2.56. The lowest BCUT2D eigenvalue weighted by molar-refractivity contribution is 1.46. The Hall–Kier alpha value is -1.37. The molecule has 0 spiro atoms. The molecule has 1 radical (unpaired) electrons. The zero-order valence-electron chi connectivity index (χ0n) is 10.4. The average molecular weight is 357 g/mol. The monoisotopic (exact) mass is 355 g/mol. The minimum absolute atomic E-state index is 0.271. The molecule has 2 rings (SSSR count). The van der Waals surface area contributed by atoms with E-state index in [9.17, 15) is 0 Å². The normalized spacial score (nSPS) is 10.6. The molecule has 1 N–H and O–H groups in total. The lowest BCUT2D eigenvalue weighted by Crippen LogP contribution is -1.90. The van der Waals surface area contributed by atoms with Crippen LogP contribution in [-0.4, -0.2) is 0 Å². The Balaban J connectivity index is 2.24. The second-order valence-electron chi connectivity index (χ2n) is 3.97. The molecule has 105 valence electrons. The van der Waals surface area contributed by atoms with Gasteiger partial charge in [-0.25, -0.2) is 0 Å². The first kappa shape index (κ1) is 16.0. The predicted molar refractivity (Wildman–Crippen MR) is 89.1 cm³/mol. The van der Waals surface area contributed by atoms with Gasteiger partial charge in [0.1, 0.15) is 6.07 Å². The fraction of sp³-hybridized carbons (Fsp3) is 0. The zero-order valence-corrected chi connectivity index (χ0v) is 13.4. The molecule has 0 saturated carbocycles. The summed E-state index contributed by atoms with van der Waals surface area (Å²) in [6, 6.07) is 11.3. The van der Waals surface area contributed by atoms with Crippen LogP contribution in [0.4, 0.5) is 5.69 Å². The molecular formula is C15H7Cl4N2. The van der Waals surface area contributed by atoms with Crippen LogP contribution < -0.4 is 5.32 Å². The molecule has 0 aliphatic rings. The van der Waals surface area contributed by atoms with E-state index in [0.717, 1.165) is 0 Å². The summed E-state index contributed by atoms with van der Waals surface area (Å²) in [5, 5.41) is 13.8. The standard InChI is InChI=1S/C15H7Cl4N2/c16-10-1-2-15(14(19)6-10)21-4-3-12-9(8-20)5-11(17)7-13(12)18/h1-4,6-7,21H. The van der Waals surface area contributed by atoms with E-state index in [1.807, 2.05) is 6.07 Å². The summed E-state index contributed by atoms with van der Waals surface area (Å²) < 4.78 is 0. The third-order valence-corrected chi connectivity index (χ3v) is 3.62. The van der Waals surface area contributed by atoms with Crippen molar-refractivity contribution in [3.8, 4) is 6.07 Å². The first-order valence-corrected chi connectivity index (χ1v) is 7.22. The van der Waals surface area contributed by atoms with Gasteiger partial charge in [0.25, 0.3) is 0 Å². The van der Waals surface area contributed by atoms with E-state index >= 15 is 0 Å². The molecule has 21 heavy (non-hydrogen) atoms. The van der Waals surface area contributed by atoms with E-state index in [0.29, 0.717) is 31.3 Å². The molecule has 2 aromatic rings. The summed E-state index contributed by atoms with van der Waals surface area (Å²) in [5.41, 5.74) is 1.48. The zero-order chi connectivity index (χ0) is 15.4. The van der Waals surface area contributed by atoms with Crippen molar-refractivity contribution in [3.63, 3.8) is 0 Å². The van der Waals surface area contributed by atoms with Crippen molar-refractivity contribution in [1.82, 2.24) is 0 Å². The van der Waals surface area contributed by atoms with Gasteiger partial charge in [0.05, 0.1) is 26.3 Å². The third kappa shape index (κ3) is 4.06. The van der Waals surface area contributed by atoms with E-state index in [1.54, 1.807) is 30.5 Å². The lowest BCUT2D eigenvalue weighted by atomic mass is 10.1. The minimum Gasteiger partial charge on any atom is -0.360 e. The molecule has 0 heterocycles. The summed E-state index contributed by atoms with van der Waals surface area (Å²) in [4.78, 5) is 0. The van der Waals surface area contributed by atoms with Gasteiger partial charge >= 0.3 is 0 Å². The second kappa shape index (κ2) is 7.06. The maximum Gasteiger partial charge on any atom is 0.101 e. The molecule has 2 aromatic carbocycles. The first-order valence-electron chi connectivity index (χ1n) is 5.71. The Kier molecular flexibility index (Phi) is 5.39. The Morgan fingerprint density at radius 3 is 2.52 bits per heavy atom. The van der Waals surface area contributed by atoms with Crippen LogP contribution >= 0.6 is 46.4 Å². The van der Waals surface area contributed by atoms with Gasteiger partial charge in [-0.3, -0.25) is 0 Å². The van der Waals surface area contributed by atoms with E-state index in [4.69, 9.17) is 51.7 Å². The molecule has 0 aliphatic carbocycles. The van der Waals surface area contributed by atoms with Gasteiger partial charge in [0.15, 0.2) is 0 Å². The van der Waals surface area contributed by atoms with Crippen LogP contribution in [0.1, 0.15) is 11.1 Å². The summed E-state index contributed by atoms with van der Waals surface area (Å²) in [5.74, 6) is 0. The number of hydrogen-bond donors (Lipinski definition) is 1. The van der Waals surface area contributed by atoms with Gasteiger partial charge in [-0.05, 0) is 30.3 Å². The quantitative estimate of drug-likeness (QED) is 0.725. The highest BCUT2D eigenvalue weighted by Gasteiger charge is 2.07. The van der Waals surface area contributed by atoms with Crippen LogP contribution in [0, 0.1) is 17.4 Å². The van der Waals surface area contributed by atoms with Crippen molar-refractivity contribution < 1.29 is 0 Å². The van der Waals surface area contributed by atoms with Crippen molar-refractivity contribution in [2.24, 2.45) is 0 Å². The van der Waals surface area contributed by atoms with Crippen LogP contribution in [0.3, 0.4) is 0 Å². The van der Waals surface area contributed by atoms with Gasteiger partial charge < -0.3 is 5.32 Å². The van der Waals surface area contributed by atoms with Crippen LogP contribution in [0.5, 0.6) is 0 Å². The molecular weight excluding hydrogens is 350 g/mol. The molecule has 0 aromatic heterocycles. The summed E-state index contributed by atoms with van der Waals surface area (Å²) in [7, 11) is 0. The summed E-state index contributed by atoms with van der Waals surface area (Å²) in [6.07, 6.45) is 3.28. The van der Waals surface area contributed by atoms with Crippen LogP contribution in [0.2, 0.25) is 20.1 Å². The molecule has 0 aliphatic heterocycles. The number of anilines is 1. The Morgan fingerprint density at radius 2 is 1.86 bits per heavy atom. The highest BCUT2D eigenvalue weighted by molar-refractivity contribution is 6.36. The van der Waals surface area contributed by atoms with Crippen molar-refractivity contribution in [2.45, 2.75) is 0 Å². The van der Waals surface area contributed by atoms with Crippen molar-refractivity contribution in [1.29, 1.82) is 5.26 Å². The molecule has 0 fully saturated rings. The number of hydrogen-bond acceptors (Lipinski definition) is 2. The highest BCUT2D eigenvalue weighted by Crippen LogP contribution is 2.27. The predicted octanol–water partition coefficient (Wildman–Crippen LogP) is 6.05. The van der Waals surface area contributed by atoms with Gasteiger partial charge in [-0.15, -0.1) is 0 Å². The molecule has 0 saturated heterocycles. The van der Waals surface area contributed by atoms with E-state index in [1.165, 1.54) is 6.07 Å². The molecule has 2 nitrogen and oxygen atoms in total. The molecule has 6 heteroatoms. The van der Waals surface area contributed by atoms with Gasteiger partial charge in [-0.2, -0.15) is 5.26 Å². The van der Waals surface area contributed by atoms with Gasteiger partial charge in [0.2, 0.25) is 0 Å². The smallest absolute Gasteiger partial charge is 0.101 e. The number of halogens is 4. The fourth-order valence-corrected chi connectivity index (χ4v) is 2.59. The molecule has 0 bridgehead atoms. The molecule has 0 amide bonds. The number of nitrogens with one attached hydrogen (secondary N) is 1. The number of rotatable bonds is 3.